The fourth-order valence-corrected chi connectivity index (χ4v) is 1.38. The van der Waals surface area contributed by atoms with Crippen LogP contribution in [0.1, 0.15) is 12.5 Å². The summed E-state index contributed by atoms with van der Waals surface area (Å²) in [7, 11) is 0. The Morgan fingerprint density at radius 3 is 2.46 bits per heavy atom. The van der Waals surface area contributed by atoms with Gasteiger partial charge in [0.2, 0.25) is 0 Å². The Balaban J connectivity index is 2.48. The third-order valence-electron chi connectivity index (χ3n) is 1.81. The third kappa shape index (κ3) is 1.44. The molecule has 1 unspecified atom stereocenters. The van der Waals surface area contributed by atoms with Gasteiger partial charge in [-0.2, -0.15) is 0 Å². The molecule has 0 saturated carbocycles. The zero-order valence-electron chi connectivity index (χ0n) is 7.23. The van der Waals surface area contributed by atoms with Crippen LogP contribution in [0.25, 0.3) is 0 Å². The largest absolute Gasteiger partial charge is 0.436 e. The lowest BCUT2D eigenvalue weighted by Crippen LogP contribution is -2.26. The maximum atomic E-state index is 13.0. The molecule has 1 aliphatic heterocycles. The fourth-order valence-electron chi connectivity index (χ4n) is 1.21. The Morgan fingerprint density at radius 2 is 1.85 bits per heavy atom. The Hall–Kier alpha value is -0.960. The van der Waals surface area contributed by atoms with E-state index in [9.17, 15) is 4.39 Å². The van der Waals surface area contributed by atoms with E-state index in [1.165, 1.54) is 6.07 Å². The van der Waals surface area contributed by atoms with Crippen molar-refractivity contribution >= 4 is 11.6 Å². The summed E-state index contributed by atoms with van der Waals surface area (Å²) >= 11 is 5.77. The highest BCUT2D eigenvalue weighted by Crippen LogP contribution is 2.42. The van der Waals surface area contributed by atoms with Gasteiger partial charge in [-0.05, 0) is 30.2 Å². The molecule has 0 saturated heterocycles. The molecule has 70 valence electrons. The normalized spacial score (nSPS) is 24.9. The van der Waals surface area contributed by atoms with Gasteiger partial charge in [0.1, 0.15) is 5.82 Å². The lowest BCUT2D eigenvalue weighted by atomic mass is 10.2. The van der Waals surface area contributed by atoms with Crippen LogP contribution in [0.15, 0.2) is 12.1 Å². The van der Waals surface area contributed by atoms with E-state index in [0.717, 1.165) is 0 Å². The Bertz CT molecular complexity index is 330. The summed E-state index contributed by atoms with van der Waals surface area (Å²) in [6.45, 7) is 3.21. The first-order valence-electron chi connectivity index (χ1n) is 3.85. The van der Waals surface area contributed by atoms with Gasteiger partial charge in [0.15, 0.2) is 11.5 Å². The first kappa shape index (κ1) is 8.63. The molecule has 1 heterocycles. The standard InChI is InChI=1S/C9H8ClFO2/c1-5-3-7-8(4-6(5)11)13-9(2,10)12-7/h3-4H,1-2H3. The molecule has 0 N–H and O–H groups in total. The lowest BCUT2D eigenvalue weighted by Gasteiger charge is -2.12. The number of aryl methyl sites for hydroxylation is 1. The molecule has 0 fully saturated rings. The minimum absolute atomic E-state index is 0.322. The van der Waals surface area contributed by atoms with Crippen molar-refractivity contribution in [1.82, 2.24) is 0 Å². The predicted molar refractivity (Wildman–Crippen MR) is 46.7 cm³/mol. The molecule has 0 radical (unpaired) electrons. The highest BCUT2D eigenvalue weighted by molar-refractivity contribution is 6.22. The maximum absolute atomic E-state index is 13.0. The highest BCUT2D eigenvalue weighted by atomic mass is 35.5. The second-order valence-electron chi connectivity index (χ2n) is 3.09. The number of rotatable bonds is 0. The van der Waals surface area contributed by atoms with Gasteiger partial charge in [0.25, 0.3) is 0 Å². The number of ether oxygens (including phenoxy) is 2. The molecule has 0 amide bonds. The van der Waals surface area contributed by atoms with E-state index in [4.69, 9.17) is 21.1 Å². The lowest BCUT2D eigenvalue weighted by molar-refractivity contribution is 0.0217. The summed E-state index contributed by atoms with van der Waals surface area (Å²) in [5.41, 5.74) is 0.511. The van der Waals surface area contributed by atoms with Gasteiger partial charge in [0, 0.05) is 13.0 Å². The Kier molecular flexibility index (Phi) is 1.67. The smallest absolute Gasteiger partial charge is 0.329 e. The minimum Gasteiger partial charge on any atom is -0.436 e. The zero-order valence-corrected chi connectivity index (χ0v) is 7.98. The summed E-state index contributed by atoms with van der Waals surface area (Å²) in [5, 5.41) is -1.21. The molecule has 1 atom stereocenters. The van der Waals surface area contributed by atoms with Crippen molar-refractivity contribution in [1.29, 1.82) is 0 Å². The van der Waals surface area contributed by atoms with E-state index in [0.29, 0.717) is 17.1 Å². The van der Waals surface area contributed by atoms with Crippen molar-refractivity contribution < 1.29 is 13.9 Å². The van der Waals surface area contributed by atoms with Gasteiger partial charge in [-0.1, -0.05) is 0 Å². The summed E-state index contributed by atoms with van der Waals surface area (Å²) in [6.07, 6.45) is 0. The fraction of sp³-hybridized carbons (Fsp3) is 0.333. The molecule has 0 bridgehead atoms. The second kappa shape index (κ2) is 2.51. The van der Waals surface area contributed by atoms with Gasteiger partial charge in [0.05, 0.1) is 0 Å². The first-order valence-corrected chi connectivity index (χ1v) is 4.23. The maximum Gasteiger partial charge on any atom is 0.329 e. The predicted octanol–water partition coefficient (Wildman–Crippen LogP) is 2.82. The second-order valence-corrected chi connectivity index (χ2v) is 3.77. The molecular weight excluding hydrogens is 195 g/mol. The van der Waals surface area contributed by atoms with E-state index >= 15 is 0 Å². The molecule has 1 aromatic rings. The zero-order chi connectivity index (χ0) is 9.64. The van der Waals surface area contributed by atoms with Crippen molar-refractivity contribution in [3.63, 3.8) is 0 Å². The van der Waals surface area contributed by atoms with E-state index in [2.05, 4.69) is 0 Å². The molecule has 13 heavy (non-hydrogen) atoms. The molecule has 1 aromatic carbocycles. The first-order chi connectivity index (χ1) is 5.98. The third-order valence-corrected chi connectivity index (χ3v) is 1.96. The van der Waals surface area contributed by atoms with Gasteiger partial charge in [-0.3, -0.25) is 0 Å². The summed E-state index contributed by atoms with van der Waals surface area (Å²) in [6, 6.07) is 2.84. The number of alkyl halides is 1. The molecule has 0 spiro atoms. The van der Waals surface area contributed by atoms with Crippen molar-refractivity contribution in [3.05, 3.63) is 23.5 Å². The van der Waals surface area contributed by atoms with Crippen LogP contribution in [0.4, 0.5) is 4.39 Å². The highest BCUT2D eigenvalue weighted by Gasteiger charge is 2.34. The summed E-state index contributed by atoms with van der Waals surface area (Å²) < 4.78 is 23.4. The number of benzene rings is 1. The Morgan fingerprint density at radius 1 is 1.31 bits per heavy atom. The molecule has 4 heteroatoms. The van der Waals surface area contributed by atoms with Crippen LogP contribution in [-0.4, -0.2) is 5.25 Å². The SMILES string of the molecule is Cc1cc2c(cc1F)OC(C)(Cl)O2. The average Bonchev–Trinajstić information content (AvgIpc) is 2.24. The van der Waals surface area contributed by atoms with E-state index in [1.807, 2.05) is 0 Å². The summed E-state index contributed by atoms with van der Waals surface area (Å²) in [4.78, 5) is 0. The van der Waals surface area contributed by atoms with Crippen LogP contribution in [0, 0.1) is 12.7 Å². The molecule has 2 rings (SSSR count). The average molecular weight is 203 g/mol. The van der Waals surface area contributed by atoms with Crippen molar-refractivity contribution in [2.24, 2.45) is 0 Å². The number of fused-ring (bicyclic) bond motifs is 1. The quantitative estimate of drug-likeness (QED) is 0.603. The molecular formula is C9H8ClFO2. The minimum atomic E-state index is -1.21. The molecule has 0 aliphatic carbocycles. The molecule has 2 nitrogen and oxygen atoms in total. The van der Waals surface area contributed by atoms with E-state index in [-0.39, 0.29) is 5.82 Å². The van der Waals surface area contributed by atoms with E-state index in [1.54, 1.807) is 19.9 Å². The molecule has 1 aliphatic rings. The van der Waals surface area contributed by atoms with Crippen LogP contribution in [0.5, 0.6) is 11.5 Å². The summed E-state index contributed by atoms with van der Waals surface area (Å²) in [5.74, 6) is 0.508. The molecule has 0 aromatic heterocycles. The number of hydrogen-bond donors (Lipinski definition) is 0. The van der Waals surface area contributed by atoms with Gasteiger partial charge >= 0.3 is 5.25 Å². The van der Waals surface area contributed by atoms with Crippen LogP contribution >= 0.6 is 11.6 Å². The van der Waals surface area contributed by atoms with Gasteiger partial charge < -0.3 is 9.47 Å². The van der Waals surface area contributed by atoms with Gasteiger partial charge in [-0.25, -0.2) is 4.39 Å². The van der Waals surface area contributed by atoms with Crippen LogP contribution < -0.4 is 9.47 Å². The van der Waals surface area contributed by atoms with Crippen LogP contribution in [-0.2, 0) is 0 Å². The number of hydrogen-bond acceptors (Lipinski definition) is 2. The monoisotopic (exact) mass is 202 g/mol. The topological polar surface area (TPSA) is 18.5 Å². The van der Waals surface area contributed by atoms with Crippen molar-refractivity contribution in [2.45, 2.75) is 19.1 Å². The van der Waals surface area contributed by atoms with Crippen LogP contribution in [0.2, 0.25) is 0 Å². The Labute approximate surface area is 80.2 Å². The van der Waals surface area contributed by atoms with Crippen molar-refractivity contribution in [3.8, 4) is 11.5 Å². The van der Waals surface area contributed by atoms with Crippen LogP contribution in [0.3, 0.4) is 0 Å². The van der Waals surface area contributed by atoms with E-state index < -0.39 is 5.25 Å². The number of halogens is 2. The van der Waals surface area contributed by atoms with Gasteiger partial charge in [-0.15, -0.1) is 0 Å². The van der Waals surface area contributed by atoms with Crippen molar-refractivity contribution in [2.75, 3.05) is 0 Å².